The lowest BCUT2D eigenvalue weighted by molar-refractivity contribution is -0.166. The number of hydrogen-bond donors (Lipinski definition) is 1. The zero-order chi connectivity index (χ0) is 20.0. The van der Waals surface area contributed by atoms with Crippen LogP contribution in [0.2, 0.25) is 0 Å². The van der Waals surface area contributed by atoms with Crippen molar-refractivity contribution in [1.29, 1.82) is 0 Å². The zero-order valence-electron chi connectivity index (χ0n) is 16.3. The van der Waals surface area contributed by atoms with Crippen LogP contribution in [-0.4, -0.2) is 55.1 Å². The van der Waals surface area contributed by atoms with E-state index in [0.717, 1.165) is 12.8 Å². The van der Waals surface area contributed by atoms with Gasteiger partial charge >= 0.3 is 5.97 Å². The molecule has 7 nitrogen and oxygen atoms in total. The number of esters is 1. The number of carbonyl (C=O) groups excluding carboxylic acids is 3. The highest BCUT2D eigenvalue weighted by atomic mass is 16.5. The molecule has 152 valence electrons. The van der Waals surface area contributed by atoms with Crippen LogP contribution in [0.5, 0.6) is 0 Å². The summed E-state index contributed by atoms with van der Waals surface area (Å²) in [6.07, 6.45) is 2.22. The molecule has 1 atom stereocenters. The fourth-order valence-corrected chi connectivity index (χ4v) is 3.82. The normalized spacial score (nSPS) is 19.7. The second-order valence-electron chi connectivity index (χ2n) is 7.56. The molecule has 0 spiro atoms. The van der Waals surface area contributed by atoms with Gasteiger partial charge in [0, 0.05) is 25.2 Å². The molecule has 1 aliphatic heterocycles. The van der Waals surface area contributed by atoms with Crippen molar-refractivity contribution in [3.63, 3.8) is 0 Å². The molecule has 28 heavy (non-hydrogen) atoms. The number of amides is 2. The zero-order valence-corrected chi connectivity index (χ0v) is 16.3. The summed E-state index contributed by atoms with van der Waals surface area (Å²) in [7, 11) is 0. The fourth-order valence-electron chi connectivity index (χ4n) is 3.82. The van der Waals surface area contributed by atoms with Crippen molar-refractivity contribution in [2.75, 3.05) is 31.6 Å². The van der Waals surface area contributed by atoms with Gasteiger partial charge in [0.1, 0.15) is 0 Å². The van der Waals surface area contributed by atoms with Crippen LogP contribution in [0.15, 0.2) is 30.3 Å². The number of morpholine rings is 1. The number of nitrogens with zero attached hydrogens (tertiary/aromatic N) is 1. The molecule has 1 saturated carbocycles. The van der Waals surface area contributed by atoms with E-state index < -0.39 is 17.5 Å². The van der Waals surface area contributed by atoms with Crippen LogP contribution in [0.1, 0.15) is 39.0 Å². The van der Waals surface area contributed by atoms with Crippen LogP contribution in [0.25, 0.3) is 0 Å². The number of para-hydroxylation sites is 1. The average molecular weight is 388 g/mol. The first-order valence-corrected chi connectivity index (χ1v) is 9.93. The minimum absolute atomic E-state index is 0.0384. The van der Waals surface area contributed by atoms with E-state index in [2.05, 4.69) is 5.32 Å². The van der Waals surface area contributed by atoms with Crippen LogP contribution in [0.4, 0.5) is 5.69 Å². The van der Waals surface area contributed by atoms with Gasteiger partial charge in [-0.3, -0.25) is 14.4 Å². The fraction of sp³-hybridized carbons (Fsp3) is 0.571. The maximum absolute atomic E-state index is 13.0. The van der Waals surface area contributed by atoms with E-state index >= 15 is 0 Å². The van der Waals surface area contributed by atoms with Gasteiger partial charge in [0.15, 0.2) is 6.10 Å². The minimum Gasteiger partial charge on any atom is -0.452 e. The molecule has 2 amide bonds. The van der Waals surface area contributed by atoms with Crippen molar-refractivity contribution in [3.8, 4) is 0 Å². The first kappa shape index (κ1) is 20.3. The van der Waals surface area contributed by atoms with Gasteiger partial charge in [-0.05, 0) is 31.9 Å². The van der Waals surface area contributed by atoms with Crippen LogP contribution in [0, 0.1) is 5.41 Å². The lowest BCUT2D eigenvalue weighted by Gasteiger charge is -2.32. The topological polar surface area (TPSA) is 84.9 Å². The predicted molar refractivity (Wildman–Crippen MR) is 104 cm³/mol. The van der Waals surface area contributed by atoms with E-state index in [4.69, 9.17) is 9.47 Å². The highest BCUT2D eigenvalue weighted by molar-refractivity contribution is 5.96. The standard InChI is InChI=1S/C21H28N2O5/c1-16(19(25)22-17-7-3-2-4-8-17)28-20(26)21(9-5-6-10-21)15-18(24)23-11-13-27-14-12-23/h2-4,7-8,16H,5-6,9-15H2,1H3,(H,22,25)/t16-/m0/s1. The third-order valence-corrected chi connectivity index (χ3v) is 5.54. The van der Waals surface area contributed by atoms with Crippen molar-refractivity contribution in [2.45, 2.75) is 45.1 Å². The van der Waals surface area contributed by atoms with E-state index in [1.54, 1.807) is 24.0 Å². The Morgan fingerprint density at radius 3 is 2.43 bits per heavy atom. The summed E-state index contributed by atoms with van der Waals surface area (Å²) in [5, 5.41) is 2.74. The lowest BCUT2D eigenvalue weighted by atomic mass is 9.82. The third kappa shape index (κ3) is 4.90. The van der Waals surface area contributed by atoms with Gasteiger partial charge in [0.2, 0.25) is 5.91 Å². The summed E-state index contributed by atoms with van der Waals surface area (Å²) in [5.74, 6) is -0.863. The van der Waals surface area contributed by atoms with Crippen molar-refractivity contribution in [3.05, 3.63) is 30.3 Å². The Bertz CT molecular complexity index is 694. The highest BCUT2D eigenvalue weighted by Crippen LogP contribution is 2.43. The second-order valence-corrected chi connectivity index (χ2v) is 7.56. The maximum Gasteiger partial charge on any atom is 0.313 e. The van der Waals surface area contributed by atoms with Gasteiger partial charge < -0.3 is 19.7 Å². The summed E-state index contributed by atoms with van der Waals surface area (Å²) in [6, 6.07) is 9.03. The van der Waals surface area contributed by atoms with Crippen LogP contribution >= 0.6 is 0 Å². The molecule has 0 unspecified atom stereocenters. The smallest absolute Gasteiger partial charge is 0.313 e. The SMILES string of the molecule is C[C@H](OC(=O)C1(CC(=O)N2CCOCC2)CCCC1)C(=O)Nc1ccccc1. The van der Waals surface area contributed by atoms with Crippen molar-refractivity contribution in [2.24, 2.45) is 5.41 Å². The molecule has 1 aromatic rings. The van der Waals surface area contributed by atoms with Gasteiger partial charge in [0.25, 0.3) is 5.91 Å². The monoisotopic (exact) mass is 388 g/mol. The Morgan fingerprint density at radius 2 is 1.79 bits per heavy atom. The third-order valence-electron chi connectivity index (χ3n) is 5.54. The van der Waals surface area contributed by atoms with E-state index in [9.17, 15) is 14.4 Å². The van der Waals surface area contributed by atoms with Crippen molar-refractivity contribution < 1.29 is 23.9 Å². The molecule has 2 aliphatic rings. The molecule has 1 heterocycles. The van der Waals surface area contributed by atoms with E-state index in [0.29, 0.717) is 44.8 Å². The molecule has 7 heteroatoms. The summed E-state index contributed by atoms with van der Waals surface area (Å²) in [5.41, 5.74) is -0.176. The predicted octanol–water partition coefficient (Wildman–Crippen LogP) is 2.37. The van der Waals surface area contributed by atoms with E-state index in [1.165, 1.54) is 0 Å². The largest absolute Gasteiger partial charge is 0.452 e. The first-order chi connectivity index (χ1) is 13.5. The van der Waals surface area contributed by atoms with E-state index in [-0.39, 0.29) is 18.2 Å². The first-order valence-electron chi connectivity index (χ1n) is 9.93. The van der Waals surface area contributed by atoms with Gasteiger partial charge in [-0.2, -0.15) is 0 Å². The maximum atomic E-state index is 13.0. The molecule has 1 aliphatic carbocycles. The molecule has 1 saturated heterocycles. The summed E-state index contributed by atoms with van der Waals surface area (Å²) < 4.78 is 10.8. The molecule has 1 N–H and O–H groups in total. The molecule has 2 fully saturated rings. The summed E-state index contributed by atoms with van der Waals surface area (Å²) in [4.78, 5) is 39.8. The molecule has 3 rings (SSSR count). The summed E-state index contributed by atoms with van der Waals surface area (Å²) in [6.45, 7) is 3.72. The van der Waals surface area contributed by atoms with Crippen LogP contribution in [-0.2, 0) is 23.9 Å². The Labute approximate surface area is 165 Å². The van der Waals surface area contributed by atoms with Gasteiger partial charge in [0.05, 0.1) is 18.6 Å². The number of hydrogen-bond acceptors (Lipinski definition) is 5. The summed E-state index contributed by atoms with van der Waals surface area (Å²) >= 11 is 0. The number of ether oxygens (including phenoxy) is 2. The number of carbonyl (C=O) groups is 3. The average Bonchev–Trinajstić information content (AvgIpc) is 3.19. The molecule has 0 aromatic heterocycles. The van der Waals surface area contributed by atoms with Crippen LogP contribution < -0.4 is 5.32 Å². The minimum atomic E-state index is -0.927. The Kier molecular flexibility index (Phi) is 6.67. The quantitative estimate of drug-likeness (QED) is 0.757. The number of anilines is 1. The lowest BCUT2D eigenvalue weighted by Crippen LogP contribution is -2.45. The molecule has 1 aromatic carbocycles. The number of rotatable bonds is 6. The Morgan fingerprint density at radius 1 is 1.14 bits per heavy atom. The van der Waals surface area contributed by atoms with Crippen LogP contribution in [0.3, 0.4) is 0 Å². The second kappa shape index (κ2) is 9.19. The van der Waals surface area contributed by atoms with Crippen molar-refractivity contribution in [1.82, 2.24) is 4.90 Å². The van der Waals surface area contributed by atoms with Gasteiger partial charge in [-0.15, -0.1) is 0 Å². The van der Waals surface area contributed by atoms with E-state index in [1.807, 2.05) is 18.2 Å². The van der Waals surface area contributed by atoms with Gasteiger partial charge in [-0.25, -0.2) is 0 Å². The molecular formula is C21H28N2O5. The van der Waals surface area contributed by atoms with Gasteiger partial charge in [-0.1, -0.05) is 31.0 Å². The Balaban J connectivity index is 1.60. The van der Waals surface area contributed by atoms with Crippen molar-refractivity contribution >= 4 is 23.5 Å². The number of benzene rings is 1. The molecule has 0 bridgehead atoms. The Hall–Kier alpha value is -2.41. The highest BCUT2D eigenvalue weighted by Gasteiger charge is 2.46. The number of nitrogens with one attached hydrogen (secondary N) is 1. The molecular weight excluding hydrogens is 360 g/mol. The molecule has 0 radical (unpaired) electrons.